The van der Waals surface area contributed by atoms with Crippen LogP contribution in [0, 0.1) is 0 Å². The number of carboxylic acids is 6. The molecule has 0 unspecified atom stereocenters. The zero-order valence-corrected chi connectivity index (χ0v) is 49.7. The highest BCUT2D eigenvalue weighted by molar-refractivity contribution is 7.80. The van der Waals surface area contributed by atoms with Crippen LogP contribution in [-0.2, 0) is 76.8 Å². The van der Waals surface area contributed by atoms with Crippen LogP contribution in [0.3, 0.4) is 0 Å². The van der Waals surface area contributed by atoms with Crippen molar-refractivity contribution in [2.24, 2.45) is 0 Å². The van der Waals surface area contributed by atoms with Crippen molar-refractivity contribution < 1.29 is 88.2 Å². The topological polar surface area (TPSA) is 435 Å². The molecule has 0 aromatic heterocycles. The Hall–Kier alpha value is -9.17. The largest absolute Gasteiger partial charge is 0.481 e. The van der Waals surface area contributed by atoms with Gasteiger partial charge in [0.05, 0.1) is 32.7 Å². The highest BCUT2D eigenvalue weighted by Crippen LogP contribution is 2.10. The van der Waals surface area contributed by atoms with Crippen LogP contribution in [-0.4, -0.2) is 255 Å². The number of nitrogens with one attached hydrogen (secondary N) is 8. The SMILES string of the molecule is O=C(O)CC[C@H](NC(=S)N[C@@H](CCC(=O)N[C@@H](Cc1ccccc1)C(=O)NCCNC(=O)CNC(=O)[C@H](Cc1ccccc1)NC(=O)[C@H](Cc1ccccc1)NC(=O)CN1CCN(CC(=O)O)CCN(CC(=O)O)CCN(CC(=O)O)CC1)C(=O)O)C(=O)O. The van der Waals surface area contributed by atoms with E-state index in [1.807, 2.05) is 0 Å². The molecule has 0 bridgehead atoms. The Balaban J connectivity index is 1.39. The Kier molecular flexibility index (Phi) is 31.6. The van der Waals surface area contributed by atoms with Crippen molar-refractivity contribution in [3.05, 3.63) is 108 Å². The van der Waals surface area contributed by atoms with E-state index in [0.717, 1.165) is 0 Å². The van der Waals surface area contributed by atoms with Gasteiger partial charge in [0.2, 0.25) is 35.4 Å². The molecular formula is C58H78N12O18S. The molecule has 30 nitrogen and oxygen atoms in total. The number of amides is 6. The number of carbonyl (C=O) groups is 12. The first-order valence-corrected chi connectivity index (χ1v) is 29.0. The van der Waals surface area contributed by atoms with Crippen LogP contribution in [0.15, 0.2) is 91.0 Å². The van der Waals surface area contributed by atoms with E-state index < -0.39 is 126 Å². The van der Waals surface area contributed by atoms with Crippen molar-refractivity contribution in [1.82, 2.24) is 62.1 Å². The minimum atomic E-state index is -1.49. The normalized spacial score (nSPS) is 15.2. The van der Waals surface area contributed by atoms with Gasteiger partial charge in [0, 0.05) is 97.6 Å². The molecule has 484 valence electrons. The molecule has 0 saturated carbocycles. The highest BCUT2D eigenvalue weighted by atomic mass is 32.1. The predicted molar refractivity (Wildman–Crippen MR) is 322 cm³/mol. The maximum Gasteiger partial charge on any atom is 0.326 e. The second-order valence-corrected chi connectivity index (χ2v) is 21.3. The van der Waals surface area contributed by atoms with E-state index in [2.05, 4.69) is 42.5 Å². The first-order chi connectivity index (χ1) is 42.4. The number of aliphatic carboxylic acids is 6. The molecule has 3 aromatic rings. The Labute approximate surface area is 518 Å². The summed E-state index contributed by atoms with van der Waals surface area (Å²) in [5, 5.41) is 77.3. The summed E-state index contributed by atoms with van der Waals surface area (Å²) >= 11 is 5.06. The van der Waals surface area contributed by atoms with Gasteiger partial charge in [-0.3, -0.25) is 67.5 Å². The van der Waals surface area contributed by atoms with Gasteiger partial charge in [-0.05, 0) is 41.7 Å². The molecule has 1 saturated heterocycles. The van der Waals surface area contributed by atoms with Gasteiger partial charge < -0.3 is 73.2 Å². The fourth-order valence-electron chi connectivity index (χ4n) is 9.22. The average molecular weight is 1260 g/mol. The molecule has 14 N–H and O–H groups in total. The van der Waals surface area contributed by atoms with Gasteiger partial charge in [-0.1, -0.05) is 91.0 Å². The highest BCUT2D eigenvalue weighted by Gasteiger charge is 2.30. The molecule has 1 heterocycles. The van der Waals surface area contributed by atoms with Gasteiger partial charge in [-0.15, -0.1) is 0 Å². The number of carboxylic acid groups (broad SMARTS) is 6. The van der Waals surface area contributed by atoms with Crippen LogP contribution < -0.4 is 42.5 Å². The van der Waals surface area contributed by atoms with Gasteiger partial charge in [0.1, 0.15) is 30.2 Å². The summed E-state index contributed by atoms with van der Waals surface area (Å²) in [6.45, 7) is -1.09. The summed E-state index contributed by atoms with van der Waals surface area (Å²) < 4.78 is 0. The lowest BCUT2D eigenvalue weighted by Gasteiger charge is -2.33. The molecule has 4 rings (SSSR count). The quantitative estimate of drug-likeness (QED) is 0.0206. The lowest BCUT2D eigenvalue weighted by atomic mass is 10.0. The molecule has 89 heavy (non-hydrogen) atoms. The number of carbonyl (C=O) groups excluding carboxylic acids is 6. The van der Waals surface area contributed by atoms with Gasteiger partial charge in [-0.25, -0.2) is 9.59 Å². The maximum absolute atomic E-state index is 14.4. The third-order valence-corrected chi connectivity index (χ3v) is 14.1. The molecule has 0 spiro atoms. The fourth-order valence-corrected chi connectivity index (χ4v) is 9.51. The van der Waals surface area contributed by atoms with E-state index in [4.69, 9.17) is 17.3 Å². The minimum absolute atomic E-state index is 0.00415. The van der Waals surface area contributed by atoms with Crippen LogP contribution in [0.2, 0.25) is 0 Å². The van der Waals surface area contributed by atoms with Crippen LogP contribution in [0.25, 0.3) is 0 Å². The zero-order chi connectivity index (χ0) is 65.3. The van der Waals surface area contributed by atoms with Crippen molar-refractivity contribution in [2.45, 2.75) is 75.2 Å². The summed E-state index contributed by atoms with van der Waals surface area (Å²) in [6, 6.07) is 19.3. The molecule has 1 aliphatic rings. The Morgan fingerprint density at radius 1 is 0.371 bits per heavy atom. The van der Waals surface area contributed by atoms with Crippen molar-refractivity contribution in [1.29, 1.82) is 0 Å². The number of hydrogen-bond acceptors (Lipinski definition) is 17. The number of thiocarbonyl (C=S) groups is 1. The zero-order valence-electron chi connectivity index (χ0n) is 48.9. The summed E-state index contributed by atoms with van der Waals surface area (Å²) in [5.74, 6) is -11.7. The van der Waals surface area contributed by atoms with Crippen LogP contribution in [0.1, 0.15) is 42.4 Å². The summed E-state index contributed by atoms with van der Waals surface area (Å²) in [6.07, 6.45) is -1.74. The second-order valence-electron chi connectivity index (χ2n) is 20.9. The standard InChI is InChI=1S/C58H78N12O18S/c71-46(18-16-41(56(85)86)65-58(89)66-42(57(87)88)17-19-49(74)75)62-43(30-38-10-4-1-5-11-38)53(82)60-21-20-59-47(72)33-61-54(83)44(31-39-12-6-2-7-13-39)64-55(84)45(32-40-14-8-3-9-15-40)63-48(73)34-67-22-24-68(35-50(76)77)26-28-70(37-52(80)81)29-27-69(25-23-67)36-51(78)79/h1-15,41-45H,16-37H2,(H,59,72)(H,60,82)(H,61,83)(H,62,71)(H,63,73)(H,64,84)(H,74,75)(H,76,77)(H,78,79)(H,80,81)(H,85,86)(H,87,88)(H2,65,66,89)/t41-,42-,43-,44-,45-/m0/s1. The molecule has 0 aliphatic carbocycles. The van der Waals surface area contributed by atoms with E-state index in [1.165, 1.54) is 0 Å². The van der Waals surface area contributed by atoms with E-state index >= 15 is 0 Å². The van der Waals surface area contributed by atoms with E-state index in [9.17, 15) is 83.1 Å². The monoisotopic (exact) mass is 1260 g/mol. The third kappa shape index (κ3) is 29.9. The first kappa shape index (κ1) is 72.3. The van der Waals surface area contributed by atoms with E-state index in [0.29, 0.717) is 16.7 Å². The molecule has 1 aliphatic heterocycles. The third-order valence-electron chi connectivity index (χ3n) is 13.8. The average Bonchev–Trinajstić information content (AvgIpc) is 3.47. The summed E-state index contributed by atoms with van der Waals surface area (Å²) in [4.78, 5) is 159. The molecule has 6 amide bonds. The smallest absolute Gasteiger partial charge is 0.326 e. The van der Waals surface area contributed by atoms with Gasteiger partial charge in [0.15, 0.2) is 5.11 Å². The maximum atomic E-state index is 14.4. The fraction of sp³-hybridized carbons (Fsp3) is 0.466. The molecule has 0 radical (unpaired) electrons. The molecule has 1 fully saturated rings. The van der Waals surface area contributed by atoms with Crippen molar-refractivity contribution in [3.8, 4) is 0 Å². The van der Waals surface area contributed by atoms with Gasteiger partial charge in [-0.2, -0.15) is 0 Å². The Morgan fingerprint density at radius 3 is 1.11 bits per heavy atom. The van der Waals surface area contributed by atoms with E-state index in [1.54, 1.807) is 111 Å². The summed E-state index contributed by atoms with van der Waals surface area (Å²) in [7, 11) is 0. The van der Waals surface area contributed by atoms with Crippen LogP contribution >= 0.6 is 12.2 Å². The van der Waals surface area contributed by atoms with Crippen LogP contribution in [0.5, 0.6) is 0 Å². The lowest BCUT2D eigenvalue weighted by molar-refractivity contribution is -0.141. The van der Waals surface area contributed by atoms with Crippen molar-refractivity contribution >= 4 is 88.6 Å². The number of benzene rings is 3. The van der Waals surface area contributed by atoms with Crippen molar-refractivity contribution in [2.75, 3.05) is 98.2 Å². The van der Waals surface area contributed by atoms with Crippen LogP contribution in [0.4, 0.5) is 0 Å². The first-order valence-electron chi connectivity index (χ1n) is 28.5. The molecule has 5 atom stereocenters. The van der Waals surface area contributed by atoms with E-state index in [-0.39, 0.29) is 124 Å². The van der Waals surface area contributed by atoms with Gasteiger partial charge in [0.25, 0.3) is 0 Å². The molecule has 3 aromatic carbocycles. The van der Waals surface area contributed by atoms with Gasteiger partial charge >= 0.3 is 35.8 Å². The molecule has 31 heteroatoms. The lowest BCUT2D eigenvalue weighted by Crippen LogP contribution is -2.57. The molecular weight excluding hydrogens is 1180 g/mol. The second kappa shape index (κ2) is 38.9. The van der Waals surface area contributed by atoms with Crippen molar-refractivity contribution in [3.63, 3.8) is 0 Å². The number of hydrogen-bond donors (Lipinski definition) is 14. The number of rotatable bonds is 35. The summed E-state index contributed by atoms with van der Waals surface area (Å²) in [5.41, 5.74) is 1.94. The number of nitrogens with zero attached hydrogens (tertiary/aromatic N) is 4. The predicted octanol–water partition coefficient (Wildman–Crippen LogP) is -2.99. The Bertz CT molecular complexity index is 2850. The minimum Gasteiger partial charge on any atom is -0.481 e. The Morgan fingerprint density at radius 2 is 0.719 bits per heavy atom.